The van der Waals surface area contributed by atoms with E-state index in [9.17, 15) is 0 Å². The quantitative estimate of drug-likeness (QED) is 0.164. The minimum absolute atomic E-state index is 0.0302. The third-order valence-corrected chi connectivity index (χ3v) is 11.5. The van der Waals surface area contributed by atoms with Crippen LogP contribution in [0.5, 0.6) is 0 Å². The molecule has 4 nitrogen and oxygen atoms in total. The number of furan rings is 2. The van der Waals surface area contributed by atoms with Crippen LogP contribution in [0.15, 0.2) is 124 Å². The van der Waals surface area contributed by atoms with Gasteiger partial charge in [0.15, 0.2) is 11.2 Å². The maximum Gasteiger partial charge on any atom is 0.252 e. The molecule has 0 saturated carbocycles. The zero-order valence-electron chi connectivity index (χ0n) is 29.8. The molecule has 0 amide bonds. The van der Waals surface area contributed by atoms with Crippen molar-refractivity contribution in [1.82, 2.24) is 4.57 Å². The van der Waals surface area contributed by atoms with Crippen molar-refractivity contribution in [2.24, 2.45) is 0 Å². The third-order valence-electron chi connectivity index (χ3n) is 11.5. The van der Waals surface area contributed by atoms with E-state index >= 15 is 0 Å². The Morgan fingerprint density at radius 2 is 1.10 bits per heavy atom. The molecule has 0 spiro atoms. The Kier molecular flexibility index (Phi) is 5.45. The van der Waals surface area contributed by atoms with Crippen molar-refractivity contribution < 1.29 is 8.83 Å². The molecule has 0 saturated heterocycles. The van der Waals surface area contributed by atoms with E-state index in [2.05, 4.69) is 166 Å². The van der Waals surface area contributed by atoms with Gasteiger partial charge in [-0.15, -0.1) is 0 Å². The topological polar surface area (TPSA) is 34.5 Å². The van der Waals surface area contributed by atoms with Gasteiger partial charge in [0, 0.05) is 38.6 Å². The number of nitrogens with zero attached hydrogens (tertiary/aromatic N) is 2. The van der Waals surface area contributed by atoms with Crippen molar-refractivity contribution >= 4 is 95.1 Å². The second kappa shape index (κ2) is 9.55. The lowest BCUT2D eigenvalue weighted by Crippen LogP contribution is -2.60. The van der Waals surface area contributed by atoms with Crippen LogP contribution in [-0.2, 0) is 10.8 Å². The van der Waals surface area contributed by atoms with E-state index in [1.165, 1.54) is 50.1 Å². The Morgan fingerprint density at radius 3 is 1.88 bits per heavy atom. The molecule has 9 aromatic rings. The lowest BCUT2D eigenvalue weighted by atomic mass is 9.33. The first kappa shape index (κ1) is 29.1. The van der Waals surface area contributed by atoms with E-state index < -0.39 is 0 Å². The summed E-state index contributed by atoms with van der Waals surface area (Å²) in [5.74, 6) is 0. The molecule has 6 aromatic carbocycles. The first-order valence-electron chi connectivity index (χ1n) is 18.1. The van der Waals surface area contributed by atoms with Crippen LogP contribution in [0.1, 0.15) is 52.7 Å². The number of para-hydroxylation sites is 4. The largest absolute Gasteiger partial charge is 0.454 e. The van der Waals surface area contributed by atoms with E-state index in [0.29, 0.717) is 0 Å². The first-order chi connectivity index (χ1) is 24.6. The molecular formula is C46H37BN2O2. The van der Waals surface area contributed by atoms with E-state index in [-0.39, 0.29) is 17.5 Å². The van der Waals surface area contributed by atoms with Crippen LogP contribution in [0.2, 0.25) is 0 Å². The van der Waals surface area contributed by atoms with E-state index in [1.807, 2.05) is 0 Å². The van der Waals surface area contributed by atoms with Gasteiger partial charge in [-0.3, -0.25) is 0 Å². The third kappa shape index (κ3) is 3.76. The predicted octanol–water partition coefficient (Wildman–Crippen LogP) is 10.6. The van der Waals surface area contributed by atoms with Gasteiger partial charge >= 0.3 is 0 Å². The molecular weight excluding hydrogens is 623 g/mol. The number of aromatic nitrogens is 1. The molecule has 0 aliphatic carbocycles. The Labute approximate surface area is 297 Å². The Bertz CT molecular complexity index is 2960. The molecule has 0 atom stereocenters. The highest BCUT2D eigenvalue weighted by Crippen LogP contribution is 2.48. The zero-order valence-corrected chi connectivity index (χ0v) is 29.8. The van der Waals surface area contributed by atoms with Crippen molar-refractivity contribution in [1.29, 1.82) is 0 Å². The fourth-order valence-electron chi connectivity index (χ4n) is 8.96. The zero-order chi connectivity index (χ0) is 34.6. The van der Waals surface area contributed by atoms with Crippen LogP contribution in [0.25, 0.3) is 60.6 Å². The molecule has 2 aliphatic rings. The molecule has 246 valence electrons. The second-order valence-electron chi connectivity index (χ2n) is 16.6. The van der Waals surface area contributed by atoms with Crippen molar-refractivity contribution in [3.05, 3.63) is 126 Å². The molecule has 0 N–H and O–H groups in total. The van der Waals surface area contributed by atoms with Crippen molar-refractivity contribution in [3.63, 3.8) is 0 Å². The number of hydrogen-bond donors (Lipinski definition) is 0. The van der Waals surface area contributed by atoms with Crippen LogP contribution in [0.3, 0.4) is 0 Å². The monoisotopic (exact) mass is 660 g/mol. The SMILES string of the molecule is CC(C)(C)c1ccc2c(c1)N(c1cccc3c1oc1ccccc13)c1cc(C(C)(C)C)cc3c1B2c1cccc2c4oc5ccccc5c4n-3c12. The highest BCUT2D eigenvalue weighted by Gasteiger charge is 2.44. The number of anilines is 3. The summed E-state index contributed by atoms with van der Waals surface area (Å²) in [6, 6.07) is 42.4. The summed E-state index contributed by atoms with van der Waals surface area (Å²) in [5, 5.41) is 4.56. The summed E-state index contributed by atoms with van der Waals surface area (Å²) >= 11 is 0. The minimum atomic E-state index is -0.105. The molecule has 11 rings (SSSR count). The van der Waals surface area contributed by atoms with Gasteiger partial charge in [-0.05, 0) is 86.9 Å². The number of benzene rings is 6. The van der Waals surface area contributed by atoms with Gasteiger partial charge in [0.2, 0.25) is 0 Å². The van der Waals surface area contributed by atoms with Gasteiger partial charge in [0.25, 0.3) is 6.71 Å². The van der Waals surface area contributed by atoms with Crippen LogP contribution < -0.4 is 21.3 Å². The van der Waals surface area contributed by atoms with Crippen molar-refractivity contribution in [2.75, 3.05) is 4.90 Å². The van der Waals surface area contributed by atoms with Crippen molar-refractivity contribution in [2.45, 2.75) is 52.4 Å². The van der Waals surface area contributed by atoms with Gasteiger partial charge in [-0.2, -0.15) is 0 Å². The summed E-state index contributed by atoms with van der Waals surface area (Å²) in [7, 11) is 0. The number of rotatable bonds is 1. The summed E-state index contributed by atoms with van der Waals surface area (Å²) in [6.07, 6.45) is 0. The molecule has 5 heterocycles. The Morgan fingerprint density at radius 1 is 0.471 bits per heavy atom. The van der Waals surface area contributed by atoms with Gasteiger partial charge in [-0.25, -0.2) is 0 Å². The average molecular weight is 661 g/mol. The van der Waals surface area contributed by atoms with E-state index in [0.717, 1.165) is 55.1 Å². The van der Waals surface area contributed by atoms with E-state index in [1.54, 1.807) is 0 Å². The van der Waals surface area contributed by atoms with Crippen molar-refractivity contribution in [3.8, 4) is 5.69 Å². The Balaban J connectivity index is 1.34. The van der Waals surface area contributed by atoms with E-state index in [4.69, 9.17) is 8.83 Å². The molecule has 3 aromatic heterocycles. The summed E-state index contributed by atoms with van der Waals surface area (Å²) in [5.41, 5.74) is 17.1. The van der Waals surface area contributed by atoms with Crippen LogP contribution >= 0.6 is 0 Å². The lowest BCUT2D eigenvalue weighted by Gasteiger charge is -2.42. The Hall–Kier alpha value is -5.68. The molecule has 2 aliphatic heterocycles. The van der Waals surface area contributed by atoms with Gasteiger partial charge in [0.05, 0.1) is 11.2 Å². The van der Waals surface area contributed by atoms with Crippen LogP contribution in [0, 0.1) is 0 Å². The molecule has 5 heteroatoms. The normalized spacial score (nSPS) is 14.0. The lowest BCUT2D eigenvalue weighted by molar-refractivity contribution is 0.590. The summed E-state index contributed by atoms with van der Waals surface area (Å²) < 4.78 is 16.0. The molecule has 51 heavy (non-hydrogen) atoms. The second-order valence-corrected chi connectivity index (χ2v) is 16.6. The maximum atomic E-state index is 6.79. The fraction of sp³-hybridized carbons (Fsp3) is 0.174. The van der Waals surface area contributed by atoms with Crippen LogP contribution in [-0.4, -0.2) is 11.3 Å². The summed E-state index contributed by atoms with van der Waals surface area (Å²) in [4.78, 5) is 2.51. The summed E-state index contributed by atoms with van der Waals surface area (Å²) in [6.45, 7) is 13.9. The predicted molar refractivity (Wildman–Crippen MR) is 215 cm³/mol. The average Bonchev–Trinajstić information content (AvgIpc) is 3.78. The van der Waals surface area contributed by atoms with Gasteiger partial charge in [0.1, 0.15) is 16.7 Å². The van der Waals surface area contributed by atoms with Crippen LogP contribution in [0.4, 0.5) is 17.1 Å². The molecule has 0 unspecified atom stereocenters. The van der Waals surface area contributed by atoms with Gasteiger partial charge in [-0.1, -0.05) is 108 Å². The standard InChI is InChI=1S/C46H37BN2O2/c1-45(2,3)26-21-22-32-35(23-26)48(34-18-12-15-29-28-13-7-9-19-38(28)50-43(29)34)36-24-27(46(4,5)6)25-37-40(36)47(32)33-17-11-16-31-41(33)49(37)42-30-14-8-10-20-39(30)51-44(31)42/h7-25H,1-6H3. The number of fused-ring (bicyclic) bond motifs is 12. The fourth-order valence-corrected chi connectivity index (χ4v) is 8.96. The highest BCUT2D eigenvalue weighted by molar-refractivity contribution is 7.00. The molecule has 0 bridgehead atoms. The molecule has 0 radical (unpaired) electrons. The van der Waals surface area contributed by atoms with Gasteiger partial charge < -0.3 is 18.3 Å². The first-order valence-corrected chi connectivity index (χ1v) is 18.1. The minimum Gasteiger partial charge on any atom is -0.454 e. The number of hydrogen-bond acceptors (Lipinski definition) is 3. The maximum absolute atomic E-state index is 6.79. The molecule has 0 fully saturated rings. The highest BCUT2D eigenvalue weighted by atomic mass is 16.3. The smallest absolute Gasteiger partial charge is 0.252 e.